The van der Waals surface area contributed by atoms with E-state index in [1.807, 2.05) is 6.07 Å². The average molecular weight is 506 g/mol. The van der Waals surface area contributed by atoms with Crippen LogP contribution in [0.15, 0.2) is 42.6 Å². The topological polar surface area (TPSA) is 124 Å². The van der Waals surface area contributed by atoms with Crippen molar-refractivity contribution in [3.63, 3.8) is 0 Å². The second-order valence-corrected chi connectivity index (χ2v) is 7.63. The van der Waals surface area contributed by atoms with Crippen molar-refractivity contribution in [3.05, 3.63) is 53.9 Å². The first kappa shape index (κ1) is 27.2. The number of amides is 2. The number of carbonyl (C=O) groups is 4. The Bertz CT molecular complexity index is 1020. The summed E-state index contributed by atoms with van der Waals surface area (Å²) in [6.07, 6.45) is 1.24. The Balaban J connectivity index is 2.38. The molecule has 2 unspecified atom stereocenters. The van der Waals surface area contributed by atoms with Gasteiger partial charge in [-0.25, -0.2) is 9.59 Å². The van der Waals surface area contributed by atoms with Gasteiger partial charge in [0.2, 0.25) is 0 Å². The molecule has 2 aromatic rings. The molecule has 2 amide bonds. The van der Waals surface area contributed by atoms with E-state index in [2.05, 4.69) is 40.9 Å². The third-order valence-electron chi connectivity index (χ3n) is 4.58. The summed E-state index contributed by atoms with van der Waals surface area (Å²) in [7, 11) is 0. The minimum atomic E-state index is -0.957. The lowest BCUT2D eigenvalue weighted by atomic mass is 9.99. The summed E-state index contributed by atoms with van der Waals surface area (Å²) < 4.78 is 9.91. The Morgan fingerprint density at radius 1 is 0.882 bits per heavy atom. The summed E-state index contributed by atoms with van der Waals surface area (Å²) >= 11 is 8.21. The molecular formula is C23H27N3O6S2. The summed E-state index contributed by atoms with van der Waals surface area (Å²) in [5.74, 6) is -2.34. The lowest BCUT2D eigenvalue weighted by Gasteiger charge is -2.18. The SMILES string of the molecule is CCOC(=O)C(CS)NC(=O)c1cc(-c2ccccc2)c(C(=O)NC(CS)C(=O)OCC)cn1. The second kappa shape index (κ2) is 13.6. The zero-order valence-corrected chi connectivity index (χ0v) is 20.6. The average Bonchev–Trinajstić information content (AvgIpc) is 2.85. The van der Waals surface area contributed by atoms with Crippen molar-refractivity contribution in [2.45, 2.75) is 25.9 Å². The van der Waals surface area contributed by atoms with E-state index in [0.717, 1.165) is 0 Å². The Hall–Kier alpha value is -3.05. The molecule has 1 heterocycles. The van der Waals surface area contributed by atoms with E-state index >= 15 is 0 Å². The molecule has 0 saturated heterocycles. The van der Waals surface area contributed by atoms with E-state index in [0.29, 0.717) is 11.1 Å². The normalized spacial score (nSPS) is 12.2. The molecule has 2 atom stereocenters. The minimum absolute atomic E-state index is 0.0115. The van der Waals surface area contributed by atoms with Crippen LogP contribution in [0.4, 0.5) is 0 Å². The molecule has 11 heteroatoms. The van der Waals surface area contributed by atoms with Gasteiger partial charge in [-0.05, 0) is 31.0 Å². The van der Waals surface area contributed by atoms with Crippen LogP contribution in [0, 0.1) is 0 Å². The van der Waals surface area contributed by atoms with Crippen LogP contribution in [0.5, 0.6) is 0 Å². The van der Waals surface area contributed by atoms with Crippen LogP contribution in [0.2, 0.25) is 0 Å². The molecule has 34 heavy (non-hydrogen) atoms. The van der Waals surface area contributed by atoms with E-state index < -0.39 is 35.8 Å². The van der Waals surface area contributed by atoms with Crippen LogP contribution < -0.4 is 10.6 Å². The number of hydrogen-bond donors (Lipinski definition) is 4. The fourth-order valence-corrected chi connectivity index (χ4v) is 3.41. The quantitative estimate of drug-likeness (QED) is 0.272. The molecule has 1 aromatic heterocycles. The van der Waals surface area contributed by atoms with Gasteiger partial charge >= 0.3 is 11.9 Å². The first-order valence-electron chi connectivity index (χ1n) is 10.6. The number of thiol groups is 2. The first-order chi connectivity index (χ1) is 16.4. The van der Waals surface area contributed by atoms with Gasteiger partial charge in [-0.15, -0.1) is 0 Å². The number of hydrogen-bond acceptors (Lipinski definition) is 9. The third-order valence-corrected chi connectivity index (χ3v) is 5.31. The molecule has 0 saturated carbocycles. The van der Waals surface area contributed by atoms with E-state index in [1.54, 1.807) is 38.1 Å². The fourth-order valence-electron chi connectivity index (χ4n) is 2.93. The van der Waals surface area contributed by atoms with Crippen LogP contribution in [0.1, 0.15) is 34.7 Å². The van der Waals surface area contributed by atoms with E-state index in [1.165, 1.54) is 12.3 Å². The molecule has 1 aromatic carbocycles. The predicted octanol–water partition coefficient (Wildman–Crippen LogP) is 1.93. The number of rotatable bonds is 11. The van der Waals surface area contributed by atoms with Gasteiger partial charge in [-0.2, -0.15) is 25.3 Å². The highest BCUT2D eigenvalue weighted by Crippen LogP contribution is 2.24. The molecule has 2 N–H and O–H groups in total. The number of nitrogens with one attached hydrogen (secondary N) is 2. The van der Waals surface area contributed by atoms with Crippen LogP contribution in [0.25, 0.3) is 11.1 Å². The van der Waals surface area contributed by atoms with Gasteiger partial charge in [0, 0.05) is 17.7 Å². The summed E-state index contributed by atoms with van der Waals surface area (Å²) in [5, 5.41) is 5.14. The molecule has 0 bridgehead atoms. The molecule has 0 fully saturated rings. The summed E-state index contributed by atoms with van der Waals surface area (Å²) in [5.41, 5.74) is 1.20. The summed E-state index contributed by atoms with van der Waals surface area (Å²) in [6, 6.07) is 8.44. The fraction of sp³-hybridized carbons (Fsp3) is 0.348. The molecule has 0 spiro atoms. The van der Waals surface area contributed by atoms with Gasteiger partial charge in [0.15, 0.2) is 0 Å². The molecule has 2 rings (SSSR count). The van der Waals surface area contributed by atoms with Crippen molar-refractivity contribution in [3.8, 4) is 11.1 Å². The minimum Gasteiger partial charge on any atom is -0.464 e. The highest BCUT2D eigenvalue weighted by Gasteiger charge is 2.25. The number of ether oxygens (including phenoxy) is 2. The van der Waals surface area contributed by atoms with Gasteiger partial charge in [-0.3, -0.25) is 14.6 Å². The Labute approximate surface area is 208 Å². The van der Waals surface area contributed by atoms with Crippen molar-refractivity contribution in [1.29, 1.82) is 0 Å². The van der Waals surface area contributed by atoms with Crippen molar-refractivity contribution in [1.82, 2.24) is 15.6 Å². The molecule has 0 aliphatic heterocycles. The lowest BCUT2D eigenvalue weighted by Crippen LogP contribution is -2.44. The highest BCUT2D eigenvalue weighted by atomic mass is 32.1. The second-order valence-electron chi connectivity index (χ2n) is 6.90. The third kappa shape index (κ3) is 7.22. The van der Waals surface area contributed by atoms with E-state index in [9.17, 15) is 19.2 Å². The summed E-state index contributed by atoms with van der Waals surface area (Å²) in [6.45, 7) is 3.65. The van der Waals surface area contributed by atoms with Crippen LogP contribution in [0.3, 0.4) is 0 Å². The lowest BCUT2D eigenvalue weighted by molar-refractivity contribution is -0.145. The zero-order chi connectivity index (χ0) is 25.1. The van der Waals surface area contributed by atoms with Crippen molar-refractivity contribution < 1.29 is 28.7 Å². The van der Waals surface area contributed by atoms with Gasteiger partial charge < -0.3 is 20.1 Å². The van der Waals surface area contributed by atoms with Crippen LogP contribution in [-0.4, -0.2) is 65.5 Å². The zero-order valence-electron chi connectivity index (χ0n) is 18.8. The molecule has 182 valence electrons. The maximum atomic E-state index is 13.0. The maximum Gasteiger partial charge on any atom is 0.329 e. The van der Waals surface area contributed by atoms with E-state index in [4.69, 9.17) is 9.47 Å². The van der Waals surface area contributed by atoms with Gasteiger partial charge in [0.1, 0.15) is 17.8 Å². The van der Waals surface area contributed by atoms with Gasteiger partial charge in [0.05, 0.1) is 18.8 Å². The maximum absolute atomic E-state index is 13.0. The smallest absolute Gasteiger partial charge is 0.329 e. The number of pyridine rings is 1. The van der Waals surface area contributed by atoms with Crippen LogP contribution in [-0.2, 0) is 19.1 Å². The first-order valence-corrected chi connectivity index (χ1v) is 11.8. The number of benzene rings is 1. The Morgan fingerprint density at radius 3 is 1.91 bits per heavy atom. The van der Waals surface area contributed by atoms with Crippen molar-refractivity contribution in [2.75, 3.05) is 24.7 Å². The van der Waals surface area contributed by atoms with Crippen LogP contribution >= 0.6 is 25.3 Å². The monoisotopic (exact) mass is 505 g/mol. The molecule has 9 nitrogen and oxygen atoms in total. The van der Waals surface area contributed by atoms with Crippen molar-refractivity contribution >= 4 is 49.0 Å². The number of carbonyl (C=O) groups excluding carboxylic acids is 4. The Kier molecular flexibility index (Phi) is 10.9. The van der Waals surface area contributed by atoms with E-state index in [-0.39, 0.29) is 36.0 Å². The molecule has 0 radical (unpaired) electrons. The van der Waals surface area contributed by atoms with Gasteiger partial charge in [-0.1, -0.05) is 30.3 Å². The standard InChI is InChI=1S/C23H27N3O6S2/c1-3-31-22(29)18(12-33)25-20(27)16-11-24-17(10-15(16)14-8-6-5-7-9-14)21(28)26-19(13-34)23(30)32-4-2/h5-11,18-19,33-34H,3-4,12-13H2,1-2H3,(H,25,27)(H,26,28). The Morgan fingerprint density at radius 2 is 1.41 bits per heavy atom. The molecule has 0 aliphatic carbocycles. The summed E-state index contributed by atoms with van der Waals surface area (Å²) in [4.78, 5) is 54.0. The molecule has 0 aliphatic rings. The largest absolute Gasteiger partial charge is 0.464 e. The van der Waals surface area contributed by atoms with Crippen molar-refractivity contribution in [2.24, 2.45) is 0 Å². The predicted molar refractivity (Wildman–Crippen MR) is 133 cm³/mol. The highest BCUT2D eigenvalue weighted by molar-refractivity contribution is 7.80. The number of esters is 2. The number of aromatic nitrogens is 1. The number of nitrogens with zero attached hydrogens (tertiary/aromatic N) is 1. The van der Waals surface area contributed by atoms with Gasteiger partial charge in [0.25, 0.3) is 11.8 Å². The molecular weight excluding hydrogens is 478 g/mol.